The topological polar surface area (TPSA) is 43.4 Å². The van der Waals surface area contributed by atoms with Gasteiger partial charge in [0.05, 0.1) is 12.1 Å². The van der Waals surface area contributed by atoms with E-state index in [9.17, 15) is 9.59 Å². The lowest BCUT2D eigenvalue weighted by Gasteiger charge is -2.15. The van der Waals surface area contributed by atoms with Gasteiger partial charge in [-0.15, -0.1) is 0 Å². The van der Waals surface area contributed by atoms with E-state index in [0.717, 1.165) is 28.7 Å². The third-order valence-corrected chi connectivity index (χ3v) is 4.90. The molecule has 0 amide bonds. The zero-order valence-electron chi connectivity index (χ0n) is 13.8. The molecule has 3 nitrogen and oxygen atoms in total. The molecule has 0 unspecified atom stereocenters. The van der Waals surface area contributed by atoms with Crippen molar-refractivity contribution in [1.82, 2.24) is 0 Å². The van der Waals surface area contributed by atoms with Gasteiger partial charge in [-0.3, -0.25) is 9.59 Å². The molecule has 3 rings (SSSR count). The summed E-state index contributed by atoms with van der Waals surface area (Å²) in [6.45, 7) is 2.04. The summed E-state index contributed by atoms with van der Waals surface area (Å²) in [5, 5.41) is 0.549. The molecule has 0 aromatic heterocycles. The van der Waals surface area contributed by atoms with Crippen LogP contribution in [-0.4, -0.2) is 18.7 Å². The van der Waals surface area contributed by atoms with Crippen LogP contribution in [-0.2, 0) is 16.0 Å². The lowest BCUT2D eigenvalue weighted by molar-refractivity contribution is -0.123. The van der Waals surface area contributed by atoms with Crippen LogP contribution in [0.5, 0.6) is 5.75 Å². The van der Waals surface area contributed by atoms with E-state index in [1.807, 2.05) is 37.3 Å². The van der Waals surface area contributed by atoms with E-state index in [4.69, 9.17) is 16.3 Å². The van der Waals surface area contributed by atoms with Gasteiger partial charge in [0.2, 0.25) is 0 Å². The zero-order valence-corrected chi connectivity index (χ0v) is 14.5. The molecular formula is C20H19ClO3. The molecule has 24 heavy (non-hydrogen) atoms. The second-order valence-electron chi connectivity index (χ2n) is 5.98. The van der Waals surface area contributed by atoms with Crippen molar-refractivity contribution in [3.63, 3.8) is 0 Å². The van der Waals surface area contributed by atoms with Gasteiger partial charge in [-0.2, -0.15) is 0 Å². The first-order valence-corrected chi connectivity index (χ1v) is 8.45. The second kappa shape index (κ2) is 6.78. The van der Waals surface area contributed by atoms with E-state index in [1.54, 1.807) is 13.2 Å². The number of benzene rings is 2. The first-order valence-electron chi connectivity index (χ1n) is 8.07. The quantitative estimate of drug-likeness (QED) is 0.763. The predicted molar refractivity (Wildman–Crippen MR) is 94.8 cm³/mol. The summed E-state index contributed by atoms with van der Waals surface area (Å²) in [6.07, 6.45) is 1.49. The monoisotopic (exact) mass is 342 g/mol. The van der Waals surface area contributed by atoms with Crippen molar-refractivity contribution in [2.24, 2.45) is 0 Å². The van der Waals surface area contributed by atoms with Crippen LogP contribution < -0.4 is 4.74 Å². The normalized spacial score (nSPS) is 15.1. The summed E-state index contributed by atoms with van der Waals surface area (Å²) in [7, 11) is 1.58. The number of Topliss-reactive ketones (excluding diaryl/α,β-unsaturated/α-hetero) is 2. The molecule has 0 atom stereocenters. The summed E-state index contributed by atoms with van der Waals surface area (Å²) < 4.78 is 5.28. The van der Waals surface area contributed by atoms with Crippen molar-refractivity contribution in [3.8, 4) is 16.9 Å². The molecule has 1 fully saturated rings. The highest BCUT2D eigenvalue weighted by molar-refractivity contribution is 6.32. The van der Waals surface area contributed by atoms with Crippen molar-refractivity contribution in [2.45, 2.75) is 32.1 Å². The van der Waals surface area contributed by atoms with E-state index < -0.39 is 5.92 Å². The Balaban J connectivity index is 2.10. The molecule has 0 bridgehead atoms. The van der Waals surface area contributed by atoms with Crippen LogP contribution >= 0.6 is 11.6 Å². The first kappa shape index (κ1) is 16.7. The van der Waals surface area contributed by atoms with Crippen LogP contribution in [0.1, 0.15) is 36.8 Å². The van der Waals surface area contributed by atoms with Crippen LogP contribution in [0.3, 0.4) is 0 Å². The van der Waals surface area contributed by atoms with Crippen LogP contribution in [0.25, 0.3) is 11.1 Å². The fourth-order valence-electron chi connectivity index (χ4n) is 3.27. The molecule has 0 aliphatic heterocycles. The average molecular weight is 343 g/mol. The van der Waals surface area contributed by atoms with Crippen LogP contribution in [0, 0.1) is 0 Å². The van der Waals surface area contributed by atoms with Crippen molar-refractivity contribution in [2.75, 3.05) is 7.11 Å². The van der Waals surface area contributed by atoms with Crippen molar-refractivity contribution in [3.05, 3.63) is 52.5 Å². The Morgan fingerprint density at radius 3 is 2.29 bits per heavy atom. The fraction of sp³-hybridized carbons (Fsp3) is 0.300. The average Bonchev–Trinajstić information content (AvgIpc) is 2.93. The van der Waals surface area contributed by atoms with Gasteiger partial charge < -0.3 is 4.74 Å². The molecule has 1 saturated carbocycles. The molecule has 4 heteroatoms. The molecule has 124 valence electrons. The highest BCUT2D eigenvalue weighted by atomic mass is 35.5. The van der Waals surface area contributed by atoms with E-state index in [-0.39, 0.29) is 11.6 Å². The molecule has 0 N–H and O–H groups in total. The largest absolute Gasteiger partial charge is 0.495 e. The van der Waals surface area contributed by atoms with Gasteiger partial charge in [0.1, 0.15) is 23.2 Å². The maximum atomic E-state index is 12.2. The summed E-state index contributed by atoms with van der Waals surface area (Å²) in [6, 6.07) is 11.5. The van der Waals surface area contributed by atoms with Gasteiger partial charge in [-0.1, -0.05) is 36.7 Å². The third kappa shape index (κ3) is 2.96. The maximum Gasteiger partial charge on any atom is 0.148 e. The maximum absolute atomic E-state index is 12.2. The molecule has 0 heterocycles. The number of aryl methyl sites for hydroxylation is 1. The van der Waals surface area contributed by atoms with Gasteiger partial charge in [-0.05, 0) is 46.9 Å². The van der Waals surface area contributed by atoms with Gasteiger partial charge in [0.25, 0.3) is 0 Å². The second-order valence-corrected chi connectivity index (χ2v) is 6.39. The Hall–Kier alpha value is -2.13. The van der Waals surface area contributed by atoms with Crippen molar-refractivity contribution in [1.29, 1.82) is 0 Å². The molecule has 0 spiro atoms. The molecule has 2 aromatic rings. The van der Waals surface area contributed by atoms with Crippen molar-refractivity contribution >= 4 is 23.2 Å². The molecule has 2 aromatic carbocycles. The third-order valence-electron chi connectivity index (χ3n) is 4.58. The predicted octanol–water partition coefficient (Wildman–Crippen LogP) is 4.59. The number of carbonyl (C=O) groups excluding carboxylic acids is 2. The van der Waals surface area contributed by atoms with E-state index >= 15 is 0 Å². The molecule has 0 radical (unpaired) electrons. The highest BCUT2D eigenvalue weighted by Crippen LogP contribution is 2.35. The Labute approximate surface area is 146 Å². The van der Waals surface area contributed by atoms with Crippen LogP contribution in [0.15, 0.2) is 36.4 Å². The Morgan fingerprint density at radius 2 is 1.67 bits per heavy atom. The Kier molecular flexibility index (Phi) is 4.72. The van der Waals surface area contributed by atoms with E-state index in [0.29, 0.717) is 23.6 Å². The summed E-state index contributed by atoms with van der Waals surface area (Å²) in [4.78, 5) is 24.4. The summed E-state index contributed by atoms with van der Waals surface area (Å²) in [5.74, 6) is 0.0541. The van der Waals surface area contributed by atoms with E-state index in [1.165, 1.54) is 0 Å². The Morgan fingerprint density at radius 1 is 1.04 bits per heavy atom. The number of carbonyl (C=O) groups is 2. The van der Waals surface area contributed by atoms with Crippen molar-refractivity contribution < 1.29 is 14.3 Å². The van der Waals surface area contributed by atoms with Crippen LogP contribution in [0.2, 0.25) is 5.02 Å². The number of hydrogen-bond donors (Lipinski definition) is 0. The van der Waals surface area contributed by atoms with Gasteiger partial charge in [-0.25, -0.2) is 0 Å². The smallest absolute Gasteiger partial charge is 0.148 e. The minimum Gasteiger partial charge on any atom is -0.495 e. The summed E-state index contributed by atoms with van der Waals surface area (Å²) in [5.41, 5.74) is 3.78. The van der Waals surface area contributed by atoms with Gasteiger partial charge >= 0.3 is 0 Å². The molecular weight excluding hydrogens is 324 g/mol. The summed E-state index contributed by atoms with van der Waals surface area (Å²) >= 11 is 6.09. The standard InChI is InChI=1S/C20H19ClO3/c1-3-12-4-5-13(14-6-7-16(21)19(11-14)24-2)10-15(12)20-17(22)8-9-18(20)23/h4-7,10-11,20H,3,8-9H2,1-2H3. The van der Waals surface area contributed by atoms with Crippen LogP contribution in [0.4, 0.5) is 0 Å². The van der Waals surface area contributed by atoms with Gasteiger partial charge in [0, 0.05) is 12.8 Å². The zero-order chi connectivity index (χ0) is 17.3. The number of rotatable bonds is 4. The first-order chi connectivity index (χ1) is 11.5. The molecule has 1 aliphatic rings. The van der Waals surface area contributed by atoms with E-state index in [2.05, 4.69) is 0 Å². The number of halogens is 1. The number of methoxy groups -OCH3 is 1. The van der Waals surface area contributed by atoms with Gasteiger partial charge in [0.15, 0.2) is 0 Å². The SMILES string of the molecule is CCc1ccc(-c2ccc(Cl)c(OC)c2)cc1C1C(=O)CCC1=O. The molecule has 1 aliphatic carbocycles. The lowest BCUT2D eigenvalue weighted by Crippen LogP contribution is -2.14. The number of hydrogen-bond acceptors (Lipinski definition) is 3. The Bertz CT molecular complexity index is 795. The minimum atomic E-state index is -0.603. The number of ether oxygens (including phenoxy) is 1. The lowest BCUT2D eigenvalue weighted by atomic mass is 9.88. The minimum absolute atomic E-state index is 0.0283. The fourth-order valence-corrected chi connectivity index (χ4v) is 3.46. The molecule has 0 saturated heterocycles. The highest BCUT2D eigenvalue weighted by Gasteiger charge is 2.35. The number of ketones is 2.